The van der Waals surface area contributed by atoms with Crippen molar-refractivity contribution in [3.63, 3.8) is 0 Å². The summed E-state index contributed by atoms with van der Waals surface area (Å²) in [6, 6.07) is 12.0. The molecule has 0 saturated carbocycles. The third-order valence-corrected chi connectivity index (χ3v) is 4.19. The zero-order valence-electron chi connectivity index (χ0n) is 13.6. The van der Waals surface area contributed by atoms with Crippen molar-refractivity contribution in [3.05, 3.63) is 35.9 Å². The number of hydrogen-bond donors (Lipinski definition) is 1. The molecule has 1 heterocycles. The fraction of sp³-hybridized carbons (Fsp3) is 0.667. The van der Waals surface area contributed by atoms with Gasteiger partial charge >= 0.3 is 0 Å². The van der Waals surface area contributed by atoms with Gasteiger partial charge < -0.3 is 10.1 Å². The van der Waals surface area contributed by atoms with E-state index in [1.807, 2.05) is 0 Å². The minimum atomic E-state index is 0.476. The fourth-order valence-electron chi connectivity index (χ4n) is 3.10. The molecule has 2 unspecified atom stereocenters. The number of ether oxygens (including phenoxy) is 1. The molecule has 1 fully saturated rings. The maximum Gasteiger partial charge on any atom is 0.0593 e. The predicted molar refractivity (Wildman–Crippen MR) is 88.6 cm³/mol. The van der Waals surface area contributed by atoms with Gasteiger partial charge in [-0.1, -0.05) is 50.6 Å². The van der Waals surface area contributed by atoms with Crippen LogP contribution in [0.2, 0.25) is 0 Å². The molecule has 3 nitrogen and oxygen atoms in total. The van der Waals surface area contributed by atoms with Gasteiger partial charge in [-0.3, -0.25) is 4.90 Å². The number of hydrogen-bond acceptors (Lipinski definition) is 3. The van der Waals surface area contributed by atoms with Crippen LogP contribution in [0.3, 0.4) is 0 Å². The van der Waals surface area contributed by atoms with E-state index in [0.29, 0.717) is 12.1 Å². The second-order valence-corrected chi connectivity index (χ2v) is 5.93. The minimum absolute atomic E-state index is 0.476. The Morgan fingerprint density at radius 2 is 1.95 bits per heavy atom. The van der Waals surface area contributed by atoms with Crippen LogP contribution in [-0.2, 0) is 4.74 Å². The monoisotopic (exact) mass is 290 g/mol. The highest BCUT2D eigenvalue weighted by Crippen LogP contribution is 2.24. The molecule has 1 aromatic rings. The van der Waals surface area contributed by atoms with E-state index < -0.39 is 0 Å². The molecule has 3 heteroatoms. The first-order chi connectivity index (χ1) is 10.3. The highest BCUT2D eigenvalue weighted by Gasteiger charge is 2.28. The molecule has 1 aliphatic heterocycles. The summed E-state index contributed by atoms with van der Waals surface area (Å²) in [6.07, 6.45) is 3.60. The highest BCUT2D eigenvalue weighted by molar-refractivity contribution is 5.20. The summed E-state index contributed by atoms with van der Waals surface area (Å²) in [5, 5.41) is 3.72. The second kappa shape index (κ2) is 9.19. The Labute approximate surface area is 129 Å². The summed E-state index contributed by atoms with van der Waals surface area (Å²) >= 11 is 0. The van der Waals surface area contributed by atoms with Gasteiger partial charge in [0.25, 0.3) is 0 Å². The van der Waals surface area contributed by atoms with Crippen LogP contribution < -0.4 is 5.32 Å². The van der Waals surface area contributed by atoms with Gasteiger partial charge in [-0.2, -0.15) is 0 Å². The Morgan fingerprint density at radius 1 is 1.14 bits per heavy atom. The fourth-order valence-corrected chi connectivity index (χ4v) is 3.10. The molecule has 118 valence electrons. The Balaban J connectivity index is 1.96. The topological polar surface area (TPSA) is 24.5 Å². The maximum atomic E-state index is 5.70. The number of nitrogens with zero attached hydrogens (tertiary/aromatic N) is 1. The molecule has 0 aliphatic carbocycles. The Hall–Kier alpha value is -0.900. The van der Waals surface area contributed by atoms with Gasteiger partial charge in [0.1, 0.15) is 0 Å². The van der Waals surface area contributed by atoms with E-state index in [1.165, 1.54) is 18.4 Å². The van der Waals surface area contributed by atoms with Crippen molar-refractivity contribution in [1.82, 2.24) is 10.2 Å². The molecule has 1 saturated heterocycles. The molecule has 1 N–H and O–H groups in total. The van der Waals surface area contributed by atoms with Crippen molar-refractivity contribution in [2.24, 2.45) is 0 Å². The SMILES string of the molecule is CCCOCCN1CC(CCC)NCC1c1ccccc1. The summed E-state index contributed by atoms with van der Waals surface area (Å²) in [5.74, 6) is 0. The van der Waals surface area contributed by atoms with E-state index in [1.54, 1.807) is 0 Å². The van der Waals surface area contributed by atoms with E-state index in [9.17, 15) is 0 Å². The molecule has 1 aliphatic rings. The summed E-state index contributed by atoms with van der Waals surface area (Å²) < 4.78 is 5.70. The molecule has 0 bridgehead atoms. The van der Waals surface area contributed by atoms with Crippen LogP contribution in [0.15, 0.2) is 30.3 Å². The number of rotatable bonds is 8. The van der Waals surface area contributed by atoms with Crippen molar-refractivity contribution in [1.29, 1.82) is 0 Å². The van der Waals surface area contributed by atoms with Gasteiger partial charge in [-0.25, -0.2) is 0 Å². The van der Waals surface area contributed by atoms with E-state index >= 15 is 0 Å². The Kier molecular flexibility index (Phi) is 7.20. The second-order valence-electron chi connectivity index (χ2n) is 5.93. The van der Waals surface area contributed by atoms with E-state index in [4.69, 9.17) is 4.74 Å². The lowest BCUT2D eigenvalue weighted by molar-refractivity contribution is 0.0640. The molecule has 2 rings (SSSR count). The van der Waals surface area contributed by atoms with Crippen LogP contribution in [-0.4, -0.2) is 43.8 Å². The smallest absolute Gasteiger partial charge is 0.0593 e. The molecule has 0 amide bonds. The zero-order chi connectivity index (χ0) is 14.9. The van der Waals surface area contributed by atoms with Crippen molar-refractivity contribution in [2.75, 3.05) is 32.8 Å². The van der Waals surface area contributed by atoms with Crippen LogP contribution >= 0.6 is 0 Å². The van der Waals surface area contributed by atoms with E-state index in [0.717, 1.165) is 39.3 Å². The van der Waals surface area contributed by atoms with Crippen LogP contribution in [0.4, 0.5) is 0 Å². The average Bonchev–Trinajstić information content (AvgIpc) is 2.53. The van der Waals surface area contributed by atoms with Crippen LogP contribution in [0, 0.1) is 0 Å². The zero-order valence-corrected chi connectivity index (χ0v) is 13.6. The first-order valence-electron chi connectivity index (χ1n) is 8.45. The minimum Gasteiger partial charge on any atom is -0.380 e. The lowest BCUT2D eigenvalue weighted by Crippen LogP contribution is -2.52. The normalized spacial score (nSPS) is 23.3. The van der Waals surface area contributed by atoms with Gasteiger partial charge in [0.05, 0.1) is 6.61 Å². The van der Waals surface area contributed by atoms with Gasteiger partial charge in [0.15, 0.2) is 0 Å². The first kappa shape index (κ1) is 16.5. The Bertz CT molecular complexity index is 382. The van der Waals surface area contributed by atoms with Crippen molar-refractivity contribution < 1.29 is 4.74 Å². The van der Waals surface area contributed by atoms with Crippen molar-refractivity contribution in [2.45, 2.75) is 45.2 Å². The van der Waals surface area contributed by atoms with Crippen molar-refractivity contribution >= 4 is 0 Å². The summed E-state index contributed by atoms with van der Waals surface area (Å²) in [5.41, 5.74) is 1.41. The van der Waals surface area contributed by atoms with Gasteiger partial charge in [0.2, 0.25) is 0 Å². The number of nitrogens with one attached hydrogen (secondary N) is 1. The van der Waals surface area contributed by atoms with Gasteiger partial charge in [-0.15, -0.1) is 0 Å². The van der Waals surface area contributed by atoms with Crippen molar-refractivity contribution in [3.8, 4) is 0 Å². The maximum absolute atomic E-state index is 5.70. The van der Waals surface area contributed by atoms with E-state index in [2.05, 4.69) is 54.4 Å². The highest BCUT2D eigenvalue weighted by atomic mass is 16.5. The van der Waals surface area contributed by atoms with Crippen LogP contribution in [0.1, 0.15) is 44.7 Å². The molecule has 21 heavy (non-hydrogen) atoms. The summed E-state index contributed by atoms with van der Waals surface area (Å²) in [4.78, 5) is 2.60. The molecule has 2 atom stereocenters. The van der Waals surface area contributed by atoms with Gasteiger partial charge in [0, 0.05) is 38.3 Å². The standard InChI is InChI=1S/C18H30N2O/c1-3-8-17-15-20(11-13-21-12-4-2)18(14-19-17)16-9-6-5-7-10-16/h5-7,9-10,17-19H,3-4,8,11-15H2,1-2H3. The quantitative estimate of drug-likeness (QED) is 0.744. The molecule has 1 aromatic carbocycles. The predicted octanol–water partition coefficient (Wildman–Crippen LogP) is 3.23. The Morgan fingerprint density at radius 3 is 2.67 bits per heavy atom. The summed E-state index contributed by atoms with van der Waals surface area (Å²) in [7, 11) is 0. The largest absolute Gasteiger partial charge is 0.380 e. The van der Waals surface area contributed by atoms with E-state index in [-0.39, 0.29) is 0 Å². The molecular weight excluding hydrogens is 260 g/mol. The summed E-state index contributed by atoms with van der Waals surface area (Å²) in [6.45, 7) is 9.35. The lowest BCUT2D eigenvalue weighted by atomic mass is 9.99. The third-order valence-electron chi connectivity index (χ3n) is 4.19. The number of benzene rings is 1. The molecule has 0 aromatic heterocycles. The average molecular weight is 290 g/mol. The molecule has 0 radical (unpaired) electrons. The number of piperazine rings is 1. The third kappa shape index (κ3) is 5.10. The lowest BCUT2D eigenvalue weighted by Gasteiger charge is -2.40. The molecule has 0 spiro atoms. The van der Waals surface area contributed by atoms with Gasteiger partial charge in [-0.05, 0) is 18.4 Å². The van der Waals surface area contributed by atoms with Crippen LogP contribution in [0.5, 0.6) is 0 Å². The first-order valence-corrected chi connectivity index (χ1v) is 8.45. The molecular formula is C18H30N2O. The van der Waals surface area contributed by atoms with Crippen LogP contribution in [0.25, 0.3) is 0 Å².